The number of aliphatic hydroxyl groups excluding tert-OH is 1. The van der Waals surface area contributed by atoms with Crippen LogP contribution in [0, 0.1) is 12.3 Å². The van der Waals surface area contributed by atoms with Crippen LogP contribution in [0.2, 0.25) is 0 Å². The van der Waals surface area contributed by atoms with Gasteiger partial charge in [0.1, 0.15) is 17.7 Å². The second-order valence-corrected chi connectivity index (χ2v) is 10.6. The van der Waals surface area contributed by atoms with Crippen molar-refractivity contribution in [3.05, 3.63) is 35.4 Å². The van der Waals surface area contributed by atoms with E-state index in [0.717, 1.165) is 44.9 Å². The lowest BCUT2D eigenvalue weighted by Gasteiger charge is -2.35. The van der Waals surface area contributed by atoms with Crippen molar-refractivity contribution in [3.63, 3.8) is 0 Å². The van der Waals surface area contributed by atoms with Crippen molar-refractivity contribution in [3.8, 4) is 12.3 Å². The summed E-state index contributed by atoms with van der Waals surface area (Å²) in [6, 6.07) is 4.86. The van der Waals surface area contributed by atoms with Gasteiger partial charge in [0.15, 0.2) is 0 Å². The van der Waals surface area contributed by atoms with E-state index in [1.807, 2.05) is 0 Å². The largest absolute Gasteiger partial charge is 0.444 e. The number of alkyl carbamates (subject to hydrolysis) is 1. The summed E-state index contributed by atoms with van der Waals surface area (Å²) in [6.07, 6.45) is 12.2. The van der Waals surface area contributed by atoms with Crippen molar-refractivity contribution in [2.45, 2.75) is 103 Å². The maximum atomic E-state index is 13.8. The number of unbranched alkanes of at least 4 members (excludes halogenated alkanes) is 2. The van der Waals surface area contributed by atoms with Gasteiger partial charge in [-0.15, -0.1) is 6.42 Å². The summed E-state index contributed by atoms with van der Waals surface area (Å²) < 4.78 is 5.29. The Bertz CT molecular complexity index is 926. The van der Waals surface area contributed by atoms with Crippen molar-refractivity contribution in [2.75, 3.05) is 13.2 Å². The number of carbonyl (C=O) groups excluding carboxylic acids is 3. The van der Waals surface area contributed by atoms with Crippen LogP contribution in [0.25, 0.3) is 0 Å². The highest BCUT2D eigenvalue weighted by Gasteiger charge is 2.36. The standard InChI is InChI=1S/C29H43N3O5/c1-6-8-12-19-32(27(35)24(20-33)31-28(36)37-29(3,4)5)25(22-17-15-21(7-2)16-18-22)26(34)30-23-13-10-9-11-14-23/h2,15-18,23-25,33H,6,8-14,19-20H2,1,3-5H3,(H,30,34)(H,31,36). The van der Waals surface area contributed by atoms with Crippen LogP contribution in [0.15, 0.2) is 24.3 Å². The number of nitrogens with one attached hydrogen (secondary N) is 2. The van der Waals surface area contributed by atoms with Crippen molar-refractivity contribution in [2.24, 2.45) is 0 Å². The molecule has 37 heavy (non-hydrogen) atoms. The van der Waals surface area contributed by atoms with Crippen molar-refractivity contribution >= 4 is 17.9 Å². The van der Waals surface area contributed by atoms with Crippen LogP contribution in [0.4, 0.5) is 4.79 Å². The normalized spacial score (nSPS) is 15.7. The zero-order valence-electron chi connectivity index (χ0n) is 22.7. The minimum atomic E-state index is -1.26. The molecule has 8 heteroatoms. The van der Waals surface area contributed by atoms with E-state index in [1.54, 1.807) is 45.0 Å². The van der Waals surface area contributed by atoms with Gasteiger partial charge in [-0.25, -0.2) is 4.79 Å². The lowest BCUT2D eigenvalue weighted by molar-refractivity contribution is -0.143. The number of aliphatic hydroxyl groups is 1. The molecule has 0 bridgehead atoms. The maximum Gasteiger partial charge on any atom is 0.408 e. The Hall–Kier alpha value is -3.05. The number of hydrogen-bond acceptors (Lipinski definition) is 5. The van der Waals surface area contributed by atoms with Gasteiger partial charge in [-0.05, 0) is 57.7 Å². The van der Waals surface area contributed by atoms with Gasteiger partial charge < -0.3 is 25.4 Å². The topological polar surface area (TPSA) is 108 Å². The Morgan fingerprint density at radius 2 is 1.78 bits per heavy atom. The average molecular weight is 514 g/mol. The quantitative estimate of drug-likeness (QED) is 0.305. The van der Waals surface area contributed by atoms with E-state index < -0.39 is 36.3 Å². The van der Waals surface area contributed by atoms with Gasteiger partial charge in [-0.1, -0.05) is 57.1 Å². The Labute approximate surface area is 221 Å². The van der Waals surface area contributed by atoms with Crippen LogP contribution in [-0.2, 0) is 14.3 Å². The molecule has 0 aliphatic heterocycles. The third-order valence-electron chi connectivity index (χ3n) is 6.36. The van der Waals surface area contributed by atoms with Crippen LogP contribution < -0.4 is 10.6 Å². The summed E-state index contributed by atoms with van der Waals surface area (Å²) in [6.45, 7) is 6.85. The third kappa shape index (κ3) is 9.73. The van der Waals surface area contributed by atoms with Crippen LogP contribution in [0.1, 0.15) is 96.2 Å². The van der Waals surface area contributed by atoms with Gasteiger partial charge in [0, 0.05) is 18.2 Å². The molecule has 1 aliphatic carbocycles. The number of nitrogens with zero attached hydrogens (tertiary/aromatic N) is 1. The first-order chi connectivity index (χ1) is 17.6. The molecule has 2 unspecified atom stereocenters. The smallest absolute Gasteiger partial charge is 0.408 e. The molecule has 0 aromatic heterocycles. The first-order valence-electron chi connectivity index (χ1n) is 13.4. The predicted molar refractivity (Wildman–Crippen MR) is 144 cm³/mol. The van der Waals surface area contributed by atoms with E-state index in [0.29, 0.717) is 24.1 Å². The fraction of sp³-hybridized carbons (Fsp3) is 0.621. The number of ether oxygens (including phenoxy) is 1. The minimum Gasteiger partial charge on any atom is -0.444 e. The first kappa shape index (κ1) is 30.2. The Kier molecular flexibility index (Phi) is 11.9. The van der Waals surface area contributed by atoms with Gasteiger partial charge in [0.25, 0.3) is 0 Å². The number of amides is 3. The van der Waals surface area contributed by atoms with Crippen molar-refractivity contribution < 1.29 is 24.2 Å². The Morgan fingerprint density at radius 1 is 1.14 bits per heavy atom. The number of hydrogen-bond donors (Lipinski definition) is 3. The first-order valence-corrected chi connectivity index (χ1v) is 13.4. The monoisotopic (exact) mass is 513 g/mol. The molecule has 0 saturated heterocycles. The summed E-state index contributed by atoms with van der Waals surface area (Å²) in [4.78, 5) is 41.4. The number of terminal acetylenes is 1. The summed E-state index contributed by atoms with van der Waals surface area (Å²) in [5.74, 6) is 1.75. The SMILES string of the molecule is C#Cc1ccc(C(C(=O)NC2CCCCC2)N(CCCCC)C(=O)C(CO)NC(=O)OC(C)(C)C)cc1. The van der Waals surface area contributed by atoms with Crippen molar-refractivity contribution in [1.29, 1.82) is 0 Å². The van der Waals surface area contributed by atoms with Crippen molar-refractivity contribution in [1.82, 2.24) is 15.5 Å². The van der Waals surface area contributed by atoms with E-state index in [4.69, 9.17) is 11.2 Å². The number of rotatable bonds is 11. The lowest BCUT2D eigenvalue weighted by atomic mass is 9.94. The van der Waals surface area contributed by atoms with Crippen LogP contribution in [0.3, 0.4) is 0 Å². The molecule has 0 heterocycles. The molecule has 1 aliphatic rings. The fourth-order valence-corrected chi connectivity index (χ4v) is 4.50. The van der Waals surface area contributed by atoms with Crippen LogP contribution >= 0.6 is 0 Å². The van der Waals surface area contributed by atoms with E-state index in [-0.39, 0.29) is 11.9 Å². The summed E-state index contributed by atoms with van der Waals surface area (Å²) in [5.41, 5.74) is 0.514. The van der Waals surface area contributed by atoms with Gasteiger partial charge in [0.05, 0.1) is 6.61 Å². The van der Waals surface area contributed by atoms with E-state index >= 15 is 0 Å². The highest BCUT2D eigenvalue weighted by atomic mass is 16.6. The molecule has 1 fully saturated rings. The van der Waals surface area contributed by atoms with E-state index in [9.17, 15) is 19.5 Å². The lowest BCUT2D eigenvalue weighted by Crippen LogP contribution is -2.55. The molecule has 204 valence electrons. The predicted octanol–water partition coefficient (Wildman–Crippen LogP) is 4.06. The molecule has 1 aromatic rings. The number of carbonyl (C=O) groups is 3. The molecule has 2 atom stereocenters. The summed E-state index contributed by atoms with van der Waals surface area (Å²) in [7, 11) is 0. The van der Waals surface area contributed by atoms with E-state index in [2.05, 4.69) is 23.5 Å². The maximum absolute atomic E-state index is 13.8. The van der Waals surface area contributed by atoms with Crippen LogP contribution in [-0.4, -0.2) is 58.8 Å². The molecule has 2 rings (SSSR count). The second-order valence-electron chi connectivity index (χ2n) is 10.6. The van der Waals surface area contributed by atoms with E-state index in [1.165, 1.54) is 4.90 Å². The Balaban J connectivity index is 2.41. The molecule has 8 nitrogen and oxygen atoms in total. The molecule has 1 saturated carbocycles. The minimum absolute atomic E-state index is 0.0508. The molecule has 3 N–H and O–H groups in total. The summed E-state index contributed by atoms with van der Waals surface area (Å²) >= 11 is 0. The average Bonchev–Trinajstić information content (AvgIpc) is 2.86. The summed E-state index contributed by atoms with van der Waals surface area (Å²) in [5, 5.41) is 15.7. The molecule has 1 aromatic carbocycles. The fourth-order valence-electron chi connectivity index (χ4n) is 4.50. The molecular weight excluding hydrogens is 470 g/mol. The number of benzene rings is 1. The van der Waals surface area contributed by atoms with Gasteiger partial charge in [-0.2, -0.15) is 0 Å². The second kappa shape index (κ2) is 14.6. The van der Waals surface area contributed by atoms with Gasteiger partial charge >= 0.3 is 6.09 Å². The zero-order valence-corrected chi connectivity index (χ0v) is 22.7. The molecular formula is C29H43N3O5. The van der Waals surface area contributed by atoms with Crippen LogP contribution in [0.5, 0.6) is 0 Å². The highest BCUT2D eigenvalue weighted by Crippen LogP contribution is 2.26. The molecule has 0 spiro atoms. The Morgan fingerprint density at radius 3 is 2.32 bits per heavy atom. The molecule has 3 amide bonds. The third-order valence-corrected chi connectivity index (χ3v) is 6.36. The highest BCUT2D eigenvalue weighted by molar-refractivity contribution is 5.92. The zero-order chi connectivity index (χ0) is 27.4. The van der Waals surface area contributed by atoms with Gasteiger partial charge in [-0.3, -0.25) is 9.59 Å². The van der Waals surface area contributed by atoms with Gasteiger partial charge in [0.2, 0.25) is 11.8 Å². The molecule has 0 radical (unpaired) electrons.